The Balaban J connectivity index is 1.42. The molecule has 35 heavy (non-hydrogen) atoms. The minimum atomic E-state index is -0.323. The molecule has 0 aliphatic carbocycles. The maximum absolute atomic E-state index is 13.8. The Labute approximate surface area is 212 Å². The number of nitrogens with zero attached hydrogens (tertiary/aromatic N) is 2. The molecule has 0 saturated carbocycles. The number of thiophene rings is 1. The van der Waals surface area contributed by atoms with Crippen molar-refractivity contribution in [2.45, 2.75) is 44.1 Å². The number of hydrogen-bond acceptors (Lipinski definition) is 6. The Bertz CT molecular complexity index is 1410. The van der Waals surface area contributed by atoms with E-state index in [-0.39, 0.29) is 22.8 Å². The summed E-state index contributed by atoms with van der Waals surface area (Å²) in [4.78, 5) is 33.1. The molecule has 3 heterocycles. The molecule has 1 amide bonds. The van der Waals surface area contributed by atoms with Crippen molar-refractivity contribution in [1.29, 1.82) is 0 Å². The van der Waals surface area contributed by atoms with Crippen molar-refractivity contribution in [3.05, 3.63) is 87.0 Å². The van der Waals surface area contributed by atoms with Crippen LogP contribution in [0, 0.1) is 0 Å². The van der Waals surface area contributed by atoms with Crippen LogP contribution in [0.15, 0.2) is 70.6 Å². The quantitative estimate of drug-likeness (QED) is 0.290. The van der Waals surface area contributed by atoms with Crippen LogP contribution in [0.2, 0.25) is 0 Å². The van der Waals surface area contributed by atoms with Gasteiger partial charge in [0.2, 0.25) is 5.91 Å². The maximum atomic E-state index is 13.8. The van der Waals surface area contributed by atoms with Gasteiger partial charge < -0.3 is 10.1 Å². The number of benzene rings is 2. The van der Waals surface area contributed by atoms with Crippen LogP contribution in [0.4, 0.5) is 0 Å². The lowest BCUT2D eigenvalue weighted by Gasteiger charge is -2.29. The van der Waals surface area contributed by atoms with Crippen molar-refractivity contribution in [3.8, 4) is 5.69 Å². The van der Waals surface area contributed by atoms with Gasteiger partial charge in [0, 0.05) is 17.8 Å². The minimum absolute atomic E-state index is 0.0829. The highest BCUT2D eigenvalue weighted by Gasteiger charge is 2.31. The Kier molecular flexibility index (Phi) is 6.77. The summed E-state index contributed by atoms with van der Waals surface area (Å²) in [5.41, 5.74) is 2.54. The highest BCUT2D eigenvalue weighted by atomic mass is 32.2. The van der Waals surface area contributed by atoms with Gasteiger partial charge in [-0.3, -0.25) is 14.2 Å². The summed E-state index contributed by atoms with van der Waals surface area (Å²) < 4.78 is 7.61. The second kappa shape index (κ2) is 9.97. The van der Waals surface area contributed by atoms with Crippen molar-refractivity contribution in [2.24, 2.45) is 0 Å². The number of hydrogen-bond donors (Lipinski definition) is 1. The summed E-state index contributed by atoms with van der Waals surface area (Å²) >= 11 is 2.80. The molecule has 5 rings (SSSR count). The first-order valence-corrected chi connectivity index (χ1v) is 13.4. The van der Waals surface area contributed by atoms with Crippen molar-refractivity contribution in [2.75, 3.05) is 12.3 Å². The number of aromatic nitrogens is 2. The van der Waals surface area contributed by atoms with E-state index in [4.69, 9.17) is 9.72 Å². The van der Waals surface area contributed by atoms with Gasteiger partial charge in [-0.05, 0) is 43.5 Å². The number of carbonyl (C=O) groups is 1. The standard InChI is InChI=1S/C27H27N3O3S2/c1-27(2)15-20-21(16-33-27)35-24-23(20)25(32)30(19-11-7-4-8-12-19)26(29-24)34-17-22(31)28-14-13-18-9-5-3-6-10-18/h3-12H,13-17H2,1-2H3,(H,28,31). The first-order valence-electron chi connectivity index (χ1n) is 11.6. The van der Waals surface area contributed by atoms with Gasteiger partial charge in [-0.25, -0.2) is 4.98 Å². The Hall–Kier alpha value is -2.94. The number of fused-ring (bicyclic) bond motifs is 3. The molecule has 1 aliphatic heterocycles. The zero-order chi connectivity index (χ0) is 24.4. The number of carbonyl (C=O) groups excluding carboxylic acids is 1. The molecule has 0 unspecified atom stereocenters. The van der Waals surface area contributed by atoms with Crippen LogP contribution in [0.5, 0.6) is 0 Å². The molecule has 1 aliphatic rings. The molecule has 0 fully saturated rings. The van der Waals surface area contributed by atoms with Crippen molar-refractivity contribution in [3.63, 3.8) is 0 Å². The van der Waals surface area contributed by atoms with E-state index in [1.807, 2.05) is 74.5 Å². The molecule has 0 radical (unpaired) electrons. The third-order valence-electron chi connectivity index (χ3n) is 6.00. The average molecular weight is 506 g/mol. The zero-order valence-corrected chi connectivity index (χ0v) is 21.4. The number of ether oxygens (including phenoxy) is 1. The van der Waals surface area contributed by atoms with E-state index in [0.29, 0.717) is 34.9 Å². The normalized spacial score (nSPS) is 14.6. The monoisotopic (exact) mass is 505 g/mol. The van der Waals surface area contributed by atoms with Gasteiger partial charge in [-0.15, -0.1) is 11.3 Å². The summed E-state index contributed by atoms with van der Waals surface area (Å²) in [6.45, 7) is 5.14. The zero-order valence-electron chi connectivity index (χ0n) is 19.7. The SMILES string of the molecule is CC1(C)Cc2c(sc3nc(SCC(=O)NCCc4ccccc4)n(-c4ccccc4)c(=O)c23)CO1. The average Bonchev–Trinajstić information content (AvgIpc) is 3.20. The fourth-order valence-corrected chi connectivity index (χ4v) is 6.23. The number of nitrogens with one attached hydrogen (secondary N) is 1. The molecule has 0 bridgehead atoms. The molecular weight excluding hydrogens is 478 g/mol. The van der Waals surface area contributed by atoms with Gasteiger partial charge in [-0.1, -0.05) is 60.3 Å². The molecule has 0 saturated heterocycles. The fourth-order valence-electron chi connectivity index (χ4n) is 4.25. The van der Waals surface area contributed by atoms with E-state index in [2.05, 4.69) is 5.32 Å². The van der Waals surface area contributed by atoms with Crippen LogP contribution in [0.1, 0.15) is 29.9 Å². The number of thioether (sulfide) groups is 1. The maximum Gasteiger partial charge on any atom is 0.267 e. The van der Waals surface area contributed by atoms with Gasteiger partial charge in [0.25, 0.3) is 5.56 Å². The van der Waals surface area contributed by atoms with E-state index in [1.165, 1.54) is 28.7 Å². The molecule has 2 aromatic carbocycles. The highest BCUT2D eigenvalue weighted by molar-refractivity contribution is 7.99. The fraction of sp³-hybridized carbons (Fsp3) is 0.296. The predicted octanol–water partition coefficient (Wildman–Crippen LogP) is 4.75. The van der Waals surface area contributed by atoms with E-state index in [9.17, 15) is 9.59 Å². The third kappa shape index (κ3) is 5.19. The molecular formula is C27H27N3O3S2. The van der Waals surface area contributed by atoms with Crippen LogP contribution >= 0.6 is 23.1 Å². The van der Waals surface area contributed by atoms with Crippen LogP contribution < -0.4 is 10.9 Å². The first-order chi connectivity index (χ1) is 16.9. The van der Waals surface area contributed by atoms with Crippen molar-refractivity contribution >= 4 is 39.2 Å². The minimum Gasteiger partial charge on any atom is -0.370 e. The van der Waals surface area contributed by atoms with Crippen molar-refractivity contribution < 1.29 is 9.53 Å². The Morgan fingerprint density at radius 3 is 2.60 bits per heavy atom. The predicted molar refractivity (Wildman–Crippen MR) is 142 cm³/mol. The number of amides is 1. The number of rotatable bonds is 7. The van der Waals surface area contributed by atoms with Crippen LogP contribution in [0.3, 0.4) is 0 Å². The molecule has 0 atom stereocenters. The van der Waals surface area contributed by atoms with Crippen LogP contribution in [-0.2, 0) is 29.0 Å². The second-order valence-corrected chi connectivity index (χ2v) is 11.2. The summed E-state index contributed by atoms with van der Waals surface area (Å²) in [5.74, 6) is 0.0985. The lowest BCUT2D eigenvalue weighted by molar-refractivity contribution is -0.118. The Morgan fingerprint density at radius 1 is 1.14 bits per heavy atom. The van der Waals surface area contributed by atoms with E-state index < -0.39 is 0 Å². The van der Waals surface area contributed by atoms with Gasteiger partial charge >= 0.3 is 0 Å². The molecule has 4 aromatic rings. The van der Waals surface area contributed by atoms with Gasteiger partial charge in [0.1, 0.15) is 4.83 Å². The molecule has 0 spiro atoms. The summed E-state index contributed by atoms with van der Waals surface area (Å²) in [6.07, 6.45) is 1.44. The smallest absolute Gasteiger partial charge is 0.267 e. The highest BCUT2D eigenvalue weighted by Crippen LogP contribution is 2.37. The first kappa shape index (κ1) is 23.8. The topological polar surface area (TPSA) is 73.2 Å². The van der Waals surface area contributed by atoms with E-state index in [1.54, 1.807) is 4.57 Å². The van der Waals surface area contributed by atoms with Crippen molar-refractivity contribution in [1.82, 2.24) is 14.9 Å². The molecule has 8 heteroatoms. The largest absolute Gasteiger partial charge is 0.370 e. The molecule has 6 nitrogen and oxygen atoms in total. The molecule has 2 aromatic heterocycles. The van der Waals surface area contributed by atoms with E-state index in [0.717, 1.165) is 22.5 Å². The lowest BCUT2D eigenvalue weighted by atomic mass is 9.94. The van der Waals surface area contributed by atoms with Crippen LogP contribution in [-0.4, -0.2) is 33.4 Å². The van der Waals surface area contributed by atoms with E-state index >= 15 is 0 Å². The summed E-state index contributed by atoms with van der Waals surface area (Å²) in [6, 6.07) is 19.6. The number of para-hydroxylation sites is 1. The molecule has 1 N–H and O–H groups in total. The summed E-state index contributed by atoms with van der Waals surface area (Å²) in [7, 11) is 0. The Morgan fingerprint density at radius 2 is 1.86 bits per heavy atom. The van der Waals surface area contributed by atoms with Crippen LogP contribution in [0.25, 0.3) is 15.9 Å². The van der Waals surface area contributed by atoms with Gasteiger partial charge in [0.15, 0.2) is 5.16 Å². The molecule has 180 valence electrons. The summed E-state index contributed by atoms with van der Waals surface area (Å²) in [5, 5.41) is 4.16. The third-order valence-corrected chi connectivity index (χ3v) is 8.04. The lowest BCUT2D eigenvalue weighted by Crippen LogP contribution is -2.32. The second-order valence-electron chi connectivity index (χ2n) is 9.15. The van der Waals surface area contributed by atoms with Gasteiger partial charge in [-0.2, -0.15) is 0 Å². The van der Waals surface area contributed by atoms with Gasteiger partial charge in [0.05, 0.1) is 29.0 Å².